The molecule has 17 nitrogen and oxygen atoms in total. The lowest BCUT2D eigenvalue weighted by Gasteiger charge is -2.21. The van der Waals surface area contributed by atoms with Crippen LogP contribution in [0.4, 0.5) is 0 Å². The number of rotatable bonds is 83. The monoisotopic (exact) mass is 1490 g/mol. The van der Waals surface area contributed by atoms with Crippen LogP contribution < -0.4 is 0 Å². The number of aliphatic hydroxyl groups excluding tert-OH is 1. The molecule has 0 heterocycles. The van der Waals surface area contributed by atoms with Gasteiger partial charge >= 0.3 is 39.5 Å². The van der Waals surface area contributed by atoms with Crippen molar-refractivity contribution >= 4 is 39.5 Å². The highest BCUT2D eigenvalue weighted by Gasteiger charge is 2.30. The molecule has 102 heavy (non-hydrogen) atoms. The summed E-state index contributed by atoms with van der Waals surface area (Å²) in [6.45, 7) is 7.32. The lowest BCUT2D eigenvalue weighted by molar-refractivity contribution is -0.161. The van der Waals surface area contributed by atoms with E-state index >= 15 is 0 Å². The fourth-order valence-electron chi connectivity index (χ4n) is 12.9. The largest absolute Gasteiger partial charge is 0.472 e. The highest BCUT2D eigenvalue weighted by Crippen LogP contribution is 2.45. The Bertz CT molecular complexity index is 1940. The van der Waals surface area contributed by atoms with Crippen LogP contribution in [0.25, 0.3) is 0 Å². The van der Waals surface area contributed by atoms with Gasteiger partial charge in [0.15, 0.2) is 12.2 Å². The molecule has 0 aliphatic carbocycles. The molecule has 0 amide bonds. The van der Waals surface area contributed by atoms with E-state index < -0.39 is 97.5 Å². The highest BCUT2D eigenvalue weighted by molar-refractivity contribution is 7.47. The molecule has 0 aromatic heterocycles. The molecule has 3 N–H and O–H groups in total. The Morgan fingerprint density at radius 1 is 0.265 bits per heavy atom. The van der Waals surface area contributed by atoms with Gasteiger partial charge in [0, 0.05) is 25.7 Å². The SMILES string of the molecule is CCCCCCCCCCCCCCCCCCCCC(=O)OC[C@H](COP(=O)(O)OC[C@@H](O)COP(=O)(O)OC[C@@H](COC(=O)CCCCCCCCCCC(C)C)OC(=O)CCCCCCCCCCCCCCCCC)OC(=O)CCCCCCCCCCCCCCCCCCCC. The summed E-state index contributed by atoms with van der Waals surface area (Å²) in [5.74, 6) is -1.38. The van der Waals surface area contributed by atoms with Gasteiger partial charge in [0.2, 0.25) is 0 Å². The number of ether oxygens (including phenoxy) is 4. The zero-order valence-electron chi connectivity index (χ0n) is 66.8. The van der Waals surface area contributed by atoms with E-state index in [9.17, 15) is 43.2 Å². The Balaban J connectivity index is 5.25. The topological polar surface area (TPSA) is 237 Å². The van der Waals surface area contributed by atoms with Crippen molar-refractivity contribution in [2.45, 2.75) is 464 Å². The van der Waals surface area contributed by atoms with Gasteiger partial charge < -0.3 is 33.8 Å². The van der Waals surface area contributed by atoms with Gasteiger partial charge in [-0.15, -0.1) is 0 Å². The van der Waals surface area contributed by atoms with E-state index in [0.29, 0.717) is 25.7 Å². The number of phosphoric acid groups is 2. The highest BCUT2D eigenvalue weighted by atomic mass is 31.2. The molecule has 5 atom stereocenters. The molecular formula is C83H162O17P2. The van der Waals surface area contributed by atoms with Crippen molar-refractivity contribution in [3.8, 4) is 0 Å². The Kier molecular flexibility index (Phi) is 74.4. The van der Waals surface area contributed by atoms with Gasteiger partial charge in [-0.05, 0) is 31.6 Å². The van der Waals surface area contributed by atoms with Crippen molar-refractivity contribution in [3.63, 3.8) is 0 Å². The maximum Gasteiger partial charge on any atom is 0.472 e. The van der Waals surface area contributed by atoms with E-state index in [1.807, 2.05) is 0 Å². The van der Waals surface area contributed by atoms with E-state index in [2.05, 4.69) is 34.6 Å². The number of phosphoric ester groups is 2. The van der Waals surface area contributed by atoms with Gasteiger partial charge in [-0.1, -0.05) is 394 Å². The molecule has 0 aliphatic heterocycles. The summed E-state index contributed by atoms with van der Waals surface area (Å²) in [4.78, 5) is 73.1. The average Bonchev–Trinajstić information content (AvgIpc) is 0.924. The number of hydrogen-bond acceptors (Lipinski definition) is 15. The number of aliphatic hydroxyl groups is 1. The summed E-state index contributed by atoms with van der Waals surface area (Å²) in [7, 11) is -9.92. The number of unbranched alkanes of at least 4 members (excludes halogenated alkanes) is 55. The second-order valence-electron chi connectivity index (χ2n) is 30.3. The second kappa shape index (κ2) is 75.9. The van der Waals surface area contributed by atoms with E-state index in [1.54, 1.807) is 0 Å². The van der Waals surface area contributed by atoms with Gasteiger partial charge in [-0.25, -0.2) is 9.13 Å². The van der Waals surface area contributed by atoms with Gasteiger partial charge in [-0.3, -0.25) is 37.3 Å². The van der Waals surface area contributed by atoms with Crippen LogP contribution in [0.5, 0.6) is 0 Å². The van der Waals surface area contributed by atoms with E-state index in [0.717, 1.165) is 95.8 Å². The smallest absolute Gasteiger partial charge is 0.462 e. The summed E-state index contributed by atoms with van der Waals surface area (Å²) in [5.41, 5.74) is 0. The number of hydrogen-bond donors (Lipinski definition) is 3. The summed E-state index contributed by atoms with van der Waals surface area (Å²) in [6, 6.07) is 0. The Morgan fingerprint density at radius 2 is 0.451 bits per heavy atom. The lowest BCUT2D eigenvalue weighted by Crippen LogP contribution is -2.30. The van der Waals surface area contributed by atoms with Crippen molar-refractivity contribution in [3.05, 3.63) is 0 Å². The standard InChI is InChI=1S/C83H162O17P2/c1-6-9-12-15-18-21-24-27-30-32-34-37-39-42-45-51-56-61-66-80(85)93-72-78(99-82(87)69-64-59-54-47-44-41-38-35-33-31-28-25-22-19-16-13-10-7-2)74-97-101(89,90)95-70-77(84)71-96-102(91,92)98-75-79(73-94-81(86)67-62-57-52-49-48-50-55-60-65-76(4)5)100-83(88)68-63-58-53-46-43-40-36-29-26-23-20-17-14-11-8-3/h76-79,84H,6-75H2,1-5H3,(H,89,90)(H,91,92)/t77-,78-,79-/m1/s1. The van der Waals surface area contributed by atoms with Crippen molar-refractivity contribution < 1.29 is 80.2 Å². The third kappa shape index (κ3) is 76.3. The maximum absolute atomic E-state index is 13.1. The zero-order chi connectivity index (χ0) is 74.8. The molecule has 0 rings (SSSR count). The minimum absolute atomic E-state index is 0.108. The summed E-state index contributed by atoms with van der Waals surface area (Å²) < 4.78 is 68.8. The van der Waals surface area contributed by atoms with Crippen molar-refractivity contribution in [2.75, 3.05) is 39.6 Å². The summed E-state index contributed by atoms with van der Waals surface area (Å²) >= 11 is 0. The number of carbonyl (C=O) groups is 4. The minimum Gasteiger partial charge on any atom is -0.462 e. The molecule has 0 aromatic rings. The van der Waals surface area contributed by atoms with Gasteiger partial charge in [0.1, 0.15) is 19.3 Å². The first-order chi connectivity index (χ1) is 49.5. The van der Waals surface area contributed by atoms with E-state index in [4.69, 9.17) is 37.0 Å². The first kappa shape index (κ1) is 100. The number of carbonyl (C=O) groups excluding carboxylic acids is 4. The molecule has 0 radical (unpaired) electrons. The molecule has 0 bridgehead atoms. The van der Waals surface area contributed by atoms with Crippen LogP contribution in [0.15, 0.2) is 0 Å². The Morgan fingerprint density at radius 3 is 0.667 bits per heavy atom. The maximum atomic E-state index is 13.1. The molecule has 0 aromatic carbocycles. The predicted octanol–water partition coefficient (Wildman–Crippen LogP) is 25.2. The summed E-state index contributed by atoms with van der Waals surface area (Å²) in [5, 5.41) is 10.7. The molecule has 0 saturated heterocycles. The predicted molar refractivity (Wildman–Crippen MR) is 418 cm³/mol. The third-order valence-electron chi connectivity index (χ3n) is 19.5. The van der Waals surface area contributed by atoms with Crippen LogP contribution in [0.2, 0.25) is 0 Å². The van der Waals surface area contributed by atoms with Crippen LogP contribution in [-0.2, 0) is 65.4 Å². The minimum atomic E-state index is -4.96. The van der Waals surface area contributed by atoms with Crippen LogP contribution in [0.3, 0.4) is 0 Å². The first-order valence-corrected chi connectivity index (χ1v) is 46.1. The molecule has 0 saturated carbocycles. The average molecular weight is 1490 g/mol. The molecule has 0 fully saturated rings. The molecule has 0 spiro atoms. The molecular weight excluding hydrogens is 1330 g/mol. The first-order valence-electron chi connectivity index (χ1n) is 43.1. The quantitative estimate of drug-likeness (QED) is 0.0222. The fourth-order valence-corrected chi connectivity index (χ4v) is 14.5. The van der Waals surface area contributed by atoms with Crippen molar-refractivity contribution in [2.24, 2.45) is 5.92 Å². The van der Waals surface area contributed by atoms with Gasteiger partial charge in [0.25, 0.3) is 0 Å². The van der Waals surface area contributed by atoms with Crippen LogP contribution in [0, 0.1) is 5.92 Å². The molecule has 19 heteroatoms. The summed E-state index contributed by atoms with van der Waals surface area (Å²) in [6.07, 6.45) is 68.0. The second-order valence-corrected chi connectivity index (χ2v) is 33.3. The lowest BCUT2D eigenvalue weighted by atomic mass is 10.0. The van der Waals surface area contributed by atoms with Gasteiger partial charge in [0.05, 0.1) is 26.4 Å². The van der Waals surface area contributed by atoms with Crippen LogP contribution >= 0.6 is 15.6 Å². The molecule has 2 unspecified atom stereocenters. The van der Waals surface area contributed by atoms with Gasteiger partial charge in [-0.2, -0.15) is 0 Å². The van der Waals surface area contributed by atoms with E-state index in [1.165, 1.54) is 270 Å². The molecule has 0 aliphatic rings. The Hall–Kier alpha value is -1.94. The van der Waals surface area contributed by atoms with Crippen molar-refractivity contribution in [1.82, 2.24) is 0 Å². The van der Waals surface area contributed by atoms with Crippen LogP contribution in [0.1, 0.15) is 446 Å². The molecule has 606 valence electrons. The fraction of sp³-hybridized carbons (Fsp3) is 0.952. The third-order valence-corrected chi connectivity index (χ3v) is 21.4. The van der Waals surface area contributed by atoms with Crippen molar-refractivity contribution in [1.29, 1.82) is 0 Å². The Labute approximate surface area is 626 Å². The zero-order valence-corrected chi connectivity index (χ0v) is 68.5. The van der Waals surface area contributed by atoms with Crippen LogP contribution in [-0.4, -0.2) is 96.7 Å². The van der Waals surface area contributed by atoms with E-state index in [-0.39, 0.29) is 25.7 Å². The normalized spacial score (nSPS) is 13.8. The number of esters is 4.